The minimum absolute atomic E-state index is 0.0626. The van der Waals surface area contributed by atoms with E-state index in [-0.39, 0.29) is 45.9 Å². The number of fused-ring (bicyclic) bond motifs is 4. The Morgan fingerprint density at radius 2 is 2.07 bits per heavy atom. The van der Waals surface area contributed by atoms with Crippen LogP contribution < -0.4 is 14.4 Å². The van der Waals surface area contributed by atoms with Crippen molar-refractivity contribution in [3.8, 4) is 23.5 Å². The van der Waals surface area contributed by atoms with Gasteiger partial charge in [-0.05, 0) is 112 Å². The van der Waals surface area contributed by atoms with Crippen molar-refractivity contribution in [2.45, 2.75) is 56.5 Å². The smallest absolute Gasteiger partial charge is 0.285 e. The maximum Gasteiger partial charge on any atom is 0.285 e. The lowest BCUT2D eigenvalue weighted by Gasteiger charge is -2.47. The largest absolute Gasteiger partial charge is 0.490 e. The van der Waals surface area contributed by atoms with E-state index in [9.17, 15) is 18.9 Å². The minimum atomic E-state index is -3.53. The van der Waals surface area contributed by atoms with Crippen molar-refractivity contribution in [1.82, 2.24) is 14.7 Å². The van der Waals surface area contributed by atoms with Crippen molar-refractivity contribution in [3.63, 3.8) is 0 Å². The second-order valence-electron chi connectivity index (χ2n) is 16.4. The third-order valence-electron chi connectivity index (χ3n) is 11.6. The van der Waals surface area contributed by atoms with Crippen molar-refractivity contribution in [3.05, 3.63) is 82.0 Å². The first-order valence-corrected chi connectivity index (χ1v) is 21.6. The molecule has 4 aliphatic rings. The molecule has 1 aromatic heterocycles. The number of aliphatic hydroxyl groups is 1. The van der Waals surface area contributed by atoms with Crippen LogP contribution in [0.4, 0.5) is 5.69 Å². The highest BCUT2D eigenvalue weighted by molar-refractivity contribution is 8.06. The third-order valence-corrected chi connectivity index (χ3v) is 13.8. The number of benzene rings is 2. The number of aromatic nitrogens is 2. The van der Waals surface area contributed by atoms with Crippen LogP contribution in [-0.4, -0.2) is 100 Å². The average Bonchev–Trinajstić information content (AvgIpc) is 3.46. The Balaban J connectivity index is 1.33. The zero-order chi connectivity index (χ0) is 40.5. The Bertz CT molecular complexity index is 2300. The number of methoxy groups -OCH3 is 1. The number of hydrogen-bond donors (Lipinski definition) is 1. The normalized spacial score (nSPS) is 29.2. The van der Waals surface area contributed by atoms with Crippen LogP contribution in [0.5, 0.6) is 11.6 Å². The van der Waals surface area contributed by atoms with E-state index < -0.39 is 27.1 Å². The number of aryl methyl sites for hydroxylation is 2. The summed E-state index contributed by atoms with van der Waals surface area (Å²) in [5.74, 6) is 5.37. The molecular weight excluding hydrogens is 764 g/mol. The summed E-state index contributed by atoms with van der Waals surface area (Å²) < 4.78 is 32.3. The molecule has 7 rings (SSSR count). The number of carbonyl (C=O) groups is 2. The molecule has 6 atom stereocenters. The van der Waals surface area contributed by atoms with Gasteiger partial charge in [0.05, 0.1) is 35.7 Å². The molecule has 2 aliphatic heterocycles. The fourth-order valence-corrected chi connectivity index (χ4v) is 10.7. The second-order valence-corrected chi connectivity index (χ2v) is 18.9. The molecule has 1 spiro atoms. The molecule has 1 unspecified atom stereocenters. The van der Waals surface area contributed by atoms with Gasteiger partial charge < -0.3 is 19.5 Å². The molecule has 0 saturated heterocycles. The first-order chi connectivity index (χ1) is 27.2. The quantitative estimate of drug-likeness (QED) is 0.147. The molecule has 2 aromatic carbocycles. The van der Waals surface area contributed by atoms with Crippen LogP contribution in [0.25, 0.3) is 0 Å². The fourth-order valence-electron chi connectivity index (χ4n) is 8.71. The predicted molar refractivity (Wildman–Crippen MR) is 223 cm³/mol. The Labute approximate surface area is 340 Å². The Morgan fingerprint density at radius 3 is 2.82 bits per heavy atom. The predicted octanol–water partition coefficient (Wildman–Crippen LogP) is 5.95. The fraction of sp³-hybridized carbons (Fsp3) is 0.488. The zero-order valence-electron chi connectivity index (χ0n) is 33.2. The molecule has 57 heavy (non-hydrogen) atoms. The molecule has 2 aliphatic carbocycles. The number of nitrogens with zero attached hydrogens (tertiary/aromatic N) is 6. The summed E-state index contributed by atoms with van der Waals surface area (Å²) in [7, 11) is 3.39. The van der Waals surface area contributed by atoms with E-state index in [0.29, 0.717) is 43.4 Å². The highest BCUT2D eigenvalue weighted by Crippen LogP contribution is 2.48. The lowest BCUT2D eigenvalue weighted by Crippen LogP contribution is -2.52. The van der Waals surface area contributed by atoms with Gasteiger partial charge in [-0.2, -0.15) is 4.36 Å². The molecule has 3 aromatic rings. The molecule has 1 fully saturated rings. The summed E-state index contributed by atoms with van der Waals surface area (Å²) in [5, 5.41) is 17.2. The van der Waals surface area contributed by atoms with Gasteiger partial charge in [-0.25, -0.2) is 9.20 Å². The SMILES string of the molecule is COc1nn(C)cc1C(=O)/N=C/S1(=O)=NC(=O)c2ccc3c(c2)N(C[C@@H]2CC[C@H]2[C@@](O)(C#CCN(C)C)/C=C/C[C@H](C)C1)C[C@@]1(CCCc2cc(Cl)ccc21)CO3. The molecule has 2 bridgehead atoms. The zero-order valence-corrected chi connectivity index (χ0v) is 34.8. The Kier molecular flexibility index (Phi) is 11.7. The van der Waals surface area contributed by atoms with Gasteiger partial charge >= 0.3 is 0 Å². The molecule has 1 saturated carbocycles. The first-order valence-electron chi connectivity index (χ1n) is 19.5. The van der Waals surface area contributed by atoms with Crippen molar-refractivity contribution < 1.29 is 28.4 Å². The summed E-state index contributed by atoms with van der Waals surface area (Å²) in [6.45, 7) is 4.05. The molecule has 14 heteroatoms. The van der Waals surface area contributed by atoms with E-state index in [1.165, 1.54) is 29.1 Å². The molecular formula is C43H51ClN6O6S. The Hall–Kier alpha value is -4.48. The number of aliphatic imine (C=N–C) groups is 1. The van der Waals surface area contributed by atoms with E-state index in [2.05, 4.69) is 43.3 Å². The van der Waals surface area contributed by atoms with Crippen LogP contribution >= 0.6 is 11.6 Å². The van der Waals surface area contributed by atoms with E-state index in [1.807, 2.05) is 38.1 Å². The maximum atomic E-state index is 14.7. The summed E-state index contributed by atoms with van der Waals surface area (Å²) in [6, 6.07) is 11.4. The summed E-state index contributed by atoms with van der Waals surface area (Å²) in [6.07, 6.45) is 10.1. The summed E-state index contributed by atoms with van der Waals surface area (Å²) in [4.78, 5) is 35.6. The van der Waals surface area contributed by atoms with Crippen molar-refractivity contribution in [1.29, 1.82) is 0 Å². The highest BCUT2D eigenvalue weighted by Gasteiger charge is 2.47. The number of allylic oxidation sites excluding steroid dienone is 1. The number of anilines is 1. The van der Waals surface area contributed by atoms with Crippen molar-refractivity contribution >= 4 is 44.4 Å². The van der Waals surface area contributed by atoms with Crippen molar-refractivity contribution in [2.24, 2.45) is 34.2 Å². The number of ether oxygens (including phenoxy) is 2. The van der Waals surface area contributed by atoms with Crippen LogP contribution in [0.1, 0.15) is 70.9 Å². The van der Waals surface area contributed by atoms with E-state index >= 15 is 0 Å². The van der Waals surface area contributed by atoms with Crippen LogP contribution in [0, 0.1) is 29.6 Å². The molecule has 3 heterocycles. The first kappa shape index (κ1) is 40.7. The number of hydrogen-bond acceptors (Lipinski definition) is 9. The maximum absolute atomic E-state index is 14.7. The highest BCUT2D eigenvalue weighted by atomic mass is 35.5. The van der Waals surface area contributed by atoms with Gasteiger partial charge in [0.25, 0.3) is 11.8 Å². The standard InChI is InChI=1S/C43H51ClN6O6S/c1-29-9-6-18-43(53,19-8-20-48(2)3)36-14-11-32(36)23-50-26-42(17-7-10-30-21-33(44)13-15-35(30)42)27-56-38-16-12-31(22-37(38)50)39(51)47-57(54,25-29)28-45-40(52)34-24-49(4)46-41(34)55-5/h6,12-13,15-16,18,21-22,24,28-29,32,36,53H,7,9-11,14,17,20,23,25-27H2,1-5H3/b18-6+,45-28+/t29-,32-,36+,42-,43-,57?/m0/s1. The minimum Gasteiger partial charge on any atom is -0.490 e. The van der Waals surface area contributed by atoms with Gasteiger partial charge in [0.1, 0.15) is 22.5 Å². The lowest BCUT2D eigenvalue weighted by atomic mass is 9.64. The van der Waals surface area contributed by atoms with Gasteiger partial charge in [-0.1, -0.05) is 42.5 Å². The van der Waals surface area contributed by atoms with Gasteiger partial charge in [0, 0.05) is 54.0 Å². The molecule has 2 amide bonds. The van der Waals surface area contributed by atoms with Crippen LogP contribution in [0.15, 0.2) is 64.1 Å². The van der Waals surface area contributed by atoms with Crippen LogP contribution in [0.2, 0.25) is 5.02 Å². The number of carbonyl (C=O) groups excluding carboxylic acids is 2. The van der Waals surface area contributed by atoms with Crippen molar-refractivity contribution in [2.75, 3.05) is 58.1 Å². The monoisotopic (exact) mass is 814 g/mol. The molecule has 302 valence electrons. The van der Waals surface area contributed by atoms with E-state index in [0.717, 1.165) is 43.3 Å². The molecule has 1 N–H and O–H groups in total. The van der Waals surface area contributed by atoms with Crippen LogP contribution in [-0.2, 0) is 28.6 Å². The summed E-state index contributed by atoms with van der Waals surface area (Å²) in [5.41, 5.74) is 2.76. The Morgan fingerprint density at radius 1 is 1.25 bits per heavy atom. The average molecular weight is 815 g/mol. The van der Waals surface area contributed by atoms with E-state index in [4.69, 9.17) is 21.1 Å². The van der Waals surface area contributed by atoms with Gasteiger partial charge in [-0.3, -0.25) is 19.2 Å². The number of halogens is 1. The van der Waals surface area contributed by atoms with Crippen LogP contribution in [0.3, 0.4) is 0 Å². The van der Waals surface area contributed by atoms with E-state index in [1.54, 1.807) is 31.3 Å². The van der Waals surface area contributed by atoms with Gasteiger partial charge in [0.2, 0.25) is 5.88 Å². The molecule has 0 radical (unpaired) electrons. The van der Waals surface area contributed by atoms with Gasteiger partial charge in [0.15, 0.2) is 0 Å². The lowest BCUT2D eigenvalue weighted by molar-refractivity contribution is -0.00326. The number of rotatable bonds is 4. The van der Waals surface area contributed by atoms with Gasteiger partial charge in [-0.15, -0.1) is 5.10 Å². The third kappa shape index (κ3) is 8.70. The number of amides is 2. The second kappa shape index (κ2) is 16.4. The summed E-state index contributed by atoms with van der Waals surface area (Å²) >= 11 is 6.48. The molecule has 12 nitrogen and oxygen atoms in total. The topological polar surface area (TPSA) is 139 Å².